The van der Waals surface area contributed by atoms with Gasteiger partial charge in [-0.05, 0) is 40.5 Å². The smallest absolute Gasteiger partial charge is 0.407 e. The molecule has 0 radical (unpaired) electrons. The van der Waals surface area contributed by atoms with Crippen LogP contribution in [0.25, 0.3) is 11.1 Å². The topological polar surface area (TPSA) is 64.3 Å². The van der Waals surface area contributed by atoms with E-state index in [2.05, 4.69) is 41.4 Å². The van der Waals surface area contributed by atoms with Crippen molar-refractivity contribution in [2.45, 2.75) is 5.92 Å². The van der Waals surface area contributed by atoms with Gasteiger partial charge in [0.05, 0.1) is 12.2 Å². The first-order valence-corrected chi connectivity index (χ1v) is 9.26. The predicted molar refractivity (Wildman–Crippen MR) is 111 cm³/mol. The second kappa shape index (κ2) is 8.07. The zero-order valence-electron chi connectivity index (χ0n) is 15.6. The summed E-state index contributed by atoms with van der Waals surface area (Å²) >= 11 is 0. The van der Waals surface area contributed by atoms with E-state index in [9.17, 15) is 9.18 Å². The number of carbonyl (C=O) groups excluding carboxylic acids is 1. The van der Waals surface area contributed by atoms with Crippen LogP contribution in [0.3, 0.4) is 0 Å². The molecule has 1 aliphatic rings. The molecule has 1 aliphatic carbocycles. The number of hydrogen-bond acceptors (Lipinski definition) is 3. The summed E-state index contributed by atoms with van der Waals surface area (Å²) in [6.07, 6.45) is -0.528. The molecule has 4 rings (SSSR count). The first-order valence-electron chi connectivity index (χ1n) is 9.26. The van der Waals surface area contributed by atoms with E-state index < -0.39 is 11.9 Å². The van der Waals surface area contributed by atoms with Crippen molar-refractivity contribution in [3.63, 3.8) is 0 Å². The van der Waals surface area contributed by atoms with Gasteiger partial charge in [0, 0.05) is 11.5 Å². The van der Waals surface area contributed by atoms with Crippen LogP contribution in [-0.4, -0.2) is 19.2 Å². The van der Waals surface area contributed by atoms with Crippen molar-refractivity contribution in [2.24, 2.45) is 0 Å². The zero-order valence-corrected chi connectivity index (χ0v) is 15.6. The van der Waals surface area contributed by atoms with Crippen molar-refractivity contribution in [1.29, 1.82) is 0 Å². The van der Waals surface area contributed by atoms with Crippen LogP contribution < -0.4 is 11.1 Å². The minimum Gasteiger partial charge on any atom is -0.449 e. The number of amides is 1. The van der Waals surface area contributed by atoms with Crippen molar-refractivity contribution < 1.29 is 13.9 Å². The second-order valence-corrected chi connectivity index (χ2v) is 6.72. The number of rotatable bonds is 3. The minimum absolute atomic E-state index is 0.0152. The van der Waals surface area contributed by atoms with Gasteiger partial charge in [-0.15, -0.1) is 0 Å². The number of halogens is 1. The van der Waals surface area contributed by atoms with E-state index in [-0.39, 0.29) is 24.8 Å². The number of benzene rings is 3. The second-order valence-electron chi connectivity index (χ2n) is 6.72. The average Bonchev–Trinajstić information content (AvgIpc) is 3.06. The summed E-state index contributed by atoms with van der Waals surface area (Å²) in [5.41, 5.74) is 10.8. The van der Waals surface area contributed by atoms with Gasteiger partial charge in [-0.1, -0.05) is 60.4 Å². The number of fused-ring (bicyclic) bond motifs is 3. The Hall–Kier alpha value is -3.78. The maximum absolute atomic E-state index is 13.1. The molecule has 144 valence electrons. The van der Waals surface area contributed by atoms with Gasteiger partial charge in [-0.3, -0.25) is 0 Å². The summed E-state index contributed by atoms with van der Waals surface area (Å²) in [5.74, 6) is 5.16. The van der Waals surface area contributed by atoms with E-state index in [1.165, 1.54) is 29.3 Å². The lowest BCUT2D eigenvalue weighted by Gasteiger charge is -2.14. The first kappa shape index (κ1) is 18.6. The molecule has 5 heteroatoms. The monoisotopic (exact) mass is 386 g/mol. The van der Waals surface area contributed by atoms with E-state index >= 15 is 0 Å². The normalized spacial score (nSPS) is 11.8. The maximum atomic E-state index is 13.1. The van der Waals surface area contributed by atoms with E-state index in [1.54, 1.807) is 0 Å². The largest absolute Gasteiger partial charge is 0.449 e. The number of hydrogen-bond donors (Lipinski definition) is 2. The molecule has 0 spiro atoms. The molecular formula is C24H19FN2O2. The molecule has 0 atom stereocenters. The standard InChI is InChI=1S/C24H19FN2O2/c25-22-12-11-16(14-23(22)26)6-5-13-27-24(28)29-15-21-19-9-3-1-7-17(19)18-8-2-4-10-20(18)21/h1-4,7-12,14,21H,13,15,26H2,(H,27,28). The summed E-state index contributed by atoms with van der Waals surface area (Å²) in [4.78, 5) is 12.1. The Bertz CT molecular complexity index is 1090. The summed E-state index contributed by atoms with van der Waals surface area (Å²) < 4.78 is 18.6. The van der Waals surface area contributed by atoms with Gasteiger partial charge in [0.1, 0.15) is 12.4 Å². The van der Waals surface area contributed by atoms with Crippen LogP contribution in [0.2, 0.25) is 0 Å². The SMILES string of the molecule is Nc1cc(C#CCNC(=O)OCC2c3ccccc3-c3ccccc32)ccc1F. The van der Waals surface area contributed by atoms with Crippen LogP contribution in [0.4, 0.5) is 14.9 Å². The number of carbonyl (C=O) groups is 1. The summed E-state index contributed by atoms with van der Waals surface area (Å²) in [5, 5.41) is 2.61. The molecule has 0 saturated heterocycles. The number of alkyl carbamates (subject to hydrolysis) is 1. The Kier molecular flexibility index (Phi) is 5.17. The van der Waals surface area contributed by atoms with Gasteiger partial charge in [0.2, 0.25) is 0 Å². The van der Waals surface area contributed by atoms with Crippen LogP contribution in [0.1, 0.15) is 22.6 Å². The predicted octanol–water partition coefficient (Wildman–Crippen LogP) is 4.30. The van der Waals surface area contributed by atoms with E-state index in [0.29, 0.717) is 5.56 Å². The first-order chi connectivity index (χ1) is 14.1. The van der Waals surface area contributed by atoms with Crippen LogP contribution in [-0.2, 0) is 4.74 Å². The maximum Gasteiger partial charge on any atom is 0.407 e. The van der Waals surface area contributed by atoms with Crippen molar-refractivity contribution in [1.82, 2.24) is 5.32 Å². The van der Waals surface area contributed by atoms with Crippen LogP contribution in [0.15, 0.2) is 66.7 Å². The summed E-state index contributed by atoms with van der Waals surface area (Å²) in [7, 11) is 0. The van der Waals surface area contributed by atoms with Crippen molar-refractivity contribution in [2.75, 3.05) is 18.9 Å². The molecule has 0 unspecified atom stereocenters. The lowest BCUT2D eigenvalue weighted by atomic mass is 9.98. The third-order valence-electron chi connectivity index (χ3n) is 4.89. The van der Waals surface area contributed by atoms with Gasteiger partial charge in [0.15, 0.2) is 0 Å². The molecule has 0 fully saturated rings. The third kappa shape index (κ3) is 3.92. The molecular weight excluding hydrogens is 367 g/mol. The number of nitrogens with two attached hydrogens (primary N) is 1. The molecule has 1 amide bonds. The summed E-state index contributed by atoms with van der Waals surface area (Å²) in [6, 6.07) is 20.6. The number of anilines is 1. The molecule has 29 heavy (non-hydrogen) atoms. The Morgan fingerprint density at radius 1 is 1.03 bits per heavy atom. The molecule has 0 bridgehead atoms. The molecule has 3 N–H and O–H groups in total. The minimum atomic E-state index is -0.528. The zero-order chi connectivity index (χ0) is 20.2. The van der Waals surface area contributed by atoms with E-state index in [0.717, 1.165) is 11.1 Å². The molecule has 0 saturated carbocycles. The Balaban J connectivity index is 1.35. The van der Waals surface area contributed by atoms with Crippen LogP contribution in [0.5, 0.6) is 0 Å². The quantitative estimate of drug-likeness (QED) is 0.521. The number of nitrogen functional groups attached to an aromatic ring is 1. The Labute approximate surface area is 168 Å². The number of nitrogens with one attached hydrogen (secondary N) is 1. The average molecular weight is 386 g/mol. The third-order valence-corrected chi connectivity index (χ3v) is 4.89. The van der Waals surface area contributed by atoms with Gasteiger partial charge in [-0.25, -0.2) is 9.18 Å². The molecule has 0 aromatic heterocycles. The van der Waals surface area contributed by atoms with Crippen molar-refractivity contribution in [3.05, 3.63) is 89.2 Å². The van der Waals surface area contributed by atoms with Crippen LogP contribution >= 0.6 is 0 Å². The number of ether oxygens (including phenoxy) is 1. The van der Waals surface area contributed by atoms with Gasteiger partial charge in [0.25, 0.3) is 0 Å². The highest BCUT2D eigenvalue weighted by atomic mass is 19.1. The molecule has 3 aromatic carbocycles. The van der Waals surface area contributed by atoms with Crippen molar-refractivity contribution >= 4 is 11.8 Å². The summed E-state index contributed by atoms with van der Waals surface area (Å²) in [6.45, 7) is 0.371. The molecule has 0 heterocycles. The Morgan fingerprint density at radius 2 is 1.69 bits per heavy atom. The highest BCUT2D eigenvalue weighted by Gasteiger charge is 2.28. The van der Waals surface area contributed by atoms with E-state index in [1.807, 2.05) is 24.3 Å². The fourth-order valence-corrected chi connectivity index (χ4v) is 3.53. The fraction of sp³-hybridized carbons (Fsp3) is 0.125. The van der Waals surface area contributed by atoms with E-state index in [4.69, 9.17) is 10.5 Å². The van der Waals surface area contributed by atoms with Gasteiger partial charge < -0.3 is 15.8 Å². The van der Waals surface area contributed by atoms with Crippen molar-refractivity contribution in [3.8, 4) is 23.0 Å². The molecule has 0 aliphatic heterocycles. The van der Waals surface area contributed by atoms with Gasteiger partial charge in [-0.2, -0.15) is 0 Å². The fourth-order valence-electron chi connectivity index (χ4n) is 3.53. The van der Waals surface area contributed by atoms with Gasteiger partial charge >= 0.3 is 6.09 Å². The molecule has 4 nitrogen and oxygen atoms in total. The highest BCUT2D eigenvalue weighted by Crippen LogP contribution is 2.44. The highest BCUT2D eigenvalue weighted by molar-refractivity contribution is 5.79. The molecule has 3 aromatic rings. The lowest BCUT2D eigenvalue weighted by Crippen LogP contribution is -2.26. The Morgan fingerprint density at radius 3 is 2.34 bits per heavy atom. The van der Waals surface area contributed by atoms with Crippen LogP contribution in [0, 0.1) is 17.7 Å². The lowest BCUT2D eigenvalue weighted by molar-refractivity contribution is 0.144.